The van der Waals surface area contributed by atoms with E-state index in [9.17, 15) is 9.59 Å². The molecule has 1 aliphatic heterocycles. The minimum Gasteiger partial charge on any atom is -0.497 e. The monoisotopic (exact) mass is 319 g/mol. The van der Waals surface area contributed by atoms with E-state index >= 15 is 0 Å². The summed E-state index contributed by atoms with van der Waals surface area (Å²) >= 11 is 0. The first-order valence-corrected chi connectivity index (χ1v) is 7.87. The normalized spacial score (nSPS) is 16.0. The lowest BCUT2D eigenvalue weighted by molar-refractivity contribution is -0.134. The van der Waals surface area contributed by atoms with Gasteiger partial charge in [-0.05, 0) is 38.1 Å². The number of methoxy groups -OCH3 is 1. The standard InChI is InChI=1S/C17H25N3O3/c1-19(2)17(22)13-7-9-20(10-8-13)12-16(21)18-14-5-4-6-15(11-14)23-3/h4-6,11,13H,7-10,12H2,1-3H3,(H,18,21). The van der Waals surface area contributed by atoms with Gasteiger partial charge in [0.15, 0.2) is 0 Å². The van der Waals surface area contributed by atoms with Gasteiger partial charge in [0.2, 0.25) is 11.8 Å². The van der Waals surface area contributed by atoms with Crippen LogP contribution in [0.25, 0.3) is 0 Å². The fraction of sp³-hybridized carbons (Fsp3) is 0.529. The van der Waals surface area contributed by atoms with Crippen LogP contribution in [0.3, 0.4) is 0 Å². The third-order valence-electron chi connectivity index (χ3n) is 4.10. The predicted octanol–water partition coefficient (Wildman–Crippen LogP) is 1.43. The van der Waals surface area contributed by atoms with Crippen LogP contribution in [-0.2, 0) is 9.59 Å². The molecule has 0 aromatic heterocycles. The number of anilines is 1. The van der Waals surface area contributed by atoms with E-state index in [0.717, 1.165) is 31.6 Å². The molecule has 6 nitrogen and oxygen atoms in total. The molecule has 0 bridgehead atoms. The van der Waals surface area contributed by atoms with Crippen LogP contribution in [0.4, 0.5) is 5.69 Å². The average molecular weight is 319 g/mol. The molecule has 0 aliphatic carbocycles. The molecule has 1 saturated heterocycles. The van der Waals surface area contributed by atoms with E-state index < -0.39 is 0 Å². The van der Waals surface area contributed by atoms with E-state index in [1.54, 1.807) is 32.2 Å². The number of hydrogen-bond donors (Lipinski definition) is 1. The highest BCUT2D eigenvalue weighted by Gasteiger charge is 2.26. The van der Waals surface area contributed by atoms with Crippen LogP contribution < -0.4 is 10.1 Å². The number of ether oxygens (including phenoxy) is 1. The summed E-state index contributed by atoms with van der Waals surface area (Å²) < 4.78 is 5.14. The molecule has 6 heteroatoms. The quantitative estimate of drug-likeness (QED) is 0.892. The van der Waals surface area contributed by atoms with Crippen molar-refractivity contribution in [3.63, 3.8) is 0 Å². The van der Waals surface area contributed by atoms with Crippen molar-refractivity contribution in [3.8, 4) is 5.75 Å². The fourth-order valence-corrected chi connectivity index (χ4v) is 2.81. The highest BCUT2D eigenvalue weighted by atomic mass is 16.5. The Bertz CT molecular complexity index is 552. The Hall–Kier alpha value is -2.08. The summed E-state index contributed by atoms with van der Waals surface area (Å²) in [6, 6.07) is 7.30. The van der Waals surface area contributed by atoms with Crippen LogP contribution in [0.5, 0.6) is 5.75 Å². The molecule has 2 rings (SSSR count). The van der Waals surface area contributed by atoms with E-state index in [0.29, 0.717) is 12.3 Å². The molecular weight excluding hydrogens is 294 g/mol. The first-order valence-electron chi connectivity index (χ1n) is 7.87. The zero-order valence-electron chi connectivity index (χ0n) is 14.0. The maximum absolute atomic E-state index is 12.1. The summed E-state index contributed by atoms with van der Waals surface area (Å²) in [5.74, 6) is 0.939. The van der Waals surface area contributed by atoms with Crippen molar-refractivity contribution in [3.05, 3.63) is 24.3 Å². The Balaban J connectivity index is 1.79. The summed E-state index contributed by atoms with van der Waals surface area (Å²) in [4.78, 5) is 27.8. The number of benzene rings is 1. The Kier molecular flexibility index (Phi) is 5.98. The highest BCUT2D eigenvalue weighted by molar-refractivity contribution is 5.92. The minimum atomic E-state index is -0.0457. The van der Waals surface area contributed by atoms with Gasteiger partial charge in [-0.2, -0.15) is 0 Å². The molecule has 1 fully saturated rings. The number of nitrogens with one attached hydrogen (secondary N) is 1. The van der Waals surface area contributed by atoms with Gasteiger partial charge in [0.25, 0.3) is 0 Å². The molecule has 1 aliphatic rings. The van der Waals surface area contributed by atoms with Gasteiger partial charge in [0.1, 0.15) is 5.75 Å². The smallest absolute Gasteiger partial charge is 0.238 e. The number of piperidine rings is 1. The van der Waals surface area contributed by atoms with E-state index in [-0.39, 0.29) is 17.7 Å². The van der Waals surface area contributed by atoms with Crippen LogP contribution in [0, 0.1) is 5.92 Å². The molecule has 0 saturated carbocycles. The summed E-state index contributed by atoms with van der Waals surface area (Å²) in [5.41, 5.74) is 0.729. The maximum atomic E-state index is 12.1. The second kappa shape index (κ2) is 7.97. The zero-order valence-corrected chi connectivity index (χ0v) is 14.0. The Morgan fingerprint density at radius 1 is 1.30 bits per heavy atom. The van der Waals surface area contributed by atoms with Crippen LogP contribution in [-0.4, -0.2) is 62.5 Å². The zero-order chi connectivity index (χ0) is 16.8. The molecule has 0 radical (unpaired) electrons. The molecule has 126 valence electrons. The summed E-state index contributed by atoms with van der Waals surface area (Å²) in [6.07, 6.45) is 1.62. The number of rotatable bonds is 5. The number of likely N-dealkylation sites (tertiary alicyclic amines) is 1. The van der Waals surface area contributed by atoms with Crippen molar-refractivity contribution in [1.82, 2.24) is 9.80 Å². The summed E-state index contributed by atoms with van der Waals surface area (Å²) in [6.45, 7) is 1.89. The molecular formula is C17H25N3O3. The van der Waals surface area contributed by atoms with Crippen molar-refractivity contribution in [2.24, 2.45) is 5.92 Å². The van der Waals surface area contributed by atoms with Crippen LogP contribution in [0.15, 0.2) is 24.3 Å². The summed E-state index contributed by atoms with van der Waals surface area (Å²) in [5, 5.41) is 2.88. The largest absolute Gasteiger partial charge is 0.497 e. The van der Waals surface area contributed by atoms with Gasteiger partial charge in [0, 0.05) is 31.8 Å². The van der Waals surface area contributed by atoms with Crippen molar-refractivity contribution >= 4 is 17.5 Å². The molecule has 2 amide bonds. The van der Waals surface area contributed by atoms with E-state index in [4.69, 9.17) is 4.74 Å². The third kappa shape index (κ3) is 4.96. The fourth-order valence-electron chi connectivity index (χ4n) is 2.81. The maximum Gasteiger partial charge on any atom is 0.238 e. The van der Waals surface area contributed by atoms with E-state index in [2.05, 4.69) is 10.2 Å². The lowest BCUT2D eigenvalue weighted by Gasteiger charge is -2.31. The van der Waals surface area contributed by atoms with Crippen molar-refractivity contribution in [1.29, 1.82) is 0 Å². The second-order valence-corrected chi connectivity index (χ2v) is 6.06. The Morgan fingerprint density at radius 2 is 2.00 bits per heavy atom. The Labute approximate surface area is 137 Å². The van der Waals surface area contributed by atoms with Crippen LogP contribution in [0.1, 0.15) is 12.8 Å². The van der Waals surface area contributed by atoms with E-state index in [1.807, 2.05) is 18.2 Å². The number of hydrogen-bond acceptors (Lipinski definition) is 4. The van der Waals surface area contributed by atoms with Gasteiger partial charge < -0.3 is 15.0 Å². The first kappa shape index (κ1) is 17.3. The highest BCUT2D eigenvalue weighted by Crippen LogP contribution is 2.19. The molecule has 0 unspecified atom stereocenters. The van der Waals surface area contributed by atoms with Crippen molar-refractivity contribution in [2.75, 3.05) is 46.2 Å². The first-order chi connectivity index (χ1) is 11.0. The molecule has 0 spiro atoms. The Morgan fingerprint density at radius 3 is 2.61 bits per heavy atom. The topological polar surface area (TPSA) is 61.9 Å². The van der Waals surface area contributed by atoms with Gasteiger partial charge in [-0.1, -0.05) is 6.07 Å². The van der Waals surface area contributed by atoms with Gasteiger partial charge >= 0.3 is 0 Å². The number of carbonyl (C=O) groups excluding carboxylic acids is 2. The van der Waals surface area contributed by atoms with Crippen molar-refractivity contribution in [2.45, 2.75) is 12.8 Å². The van der Waals surface area contributed by atoms with Gasteiger partial charge in [-0.25, -0.2) is 0 Å². The van der Waals surface area contributed by atoms with Crippen LogP contribution >= 0.6 is 0 Å². The molecule has 1 heterocycles. The average Bonchev–Trinajstić information content (AvgIpc) is 2.54. The summed E-state index contributed by atoms with van der Waals surface area (Å²) in [7, 11) is 5.17. The molecule has 1 N–H and O–H groups in total. The van der Waals surface area contributed by atoms with E-state index in [1.165, 1.54) is 0 Å². The number of amides is 2. The molecule has 1 aromatic carbocycles. The van der Waals surface area contributed by atoms with Crippen molar-refractivity contribution < 1.29 is 14.3 Å². The lowest BCUT2D eigenvalue weighted by atomic mass is 9.95. The molecule has 23 heavy (non-hydrogen) atoms. The predicted molar refractivity (Wildman–Crippen MR) is 89.5 cm³/mol. The van der Waals surface area contributed by atoms with Gasteiger partial charge in [-0.15, -0.1) is 0 Å². The lowest BCUT2D eigenvalue weighted by Crippen LogP contribution is -2.43. The minimum absolute atomic E-state index is 0.0457. The van der Waals surface area contributed by atoms with Crippen LogP contribution in [0.2, 0.25) is 0 Å². The SMILES string of the molecule is COc1cccc(NC(=O)CN2CCC(C(=O)N(C)C)CC2)c1. The number of nitrogens with zero attached hydrogens (tertiary/aromatic N) is 2. The second-order valence-electron chi connectivity index (χ2n) is 6.06. The number of carbonyl (C=O) groups is 2. The van der Waals surface area contributed by atoms with Gasteiger partial charge in [0.05, 0.1) is 13.7 Å². The van der Waals surface area contributed by atoms with Gasteiger partial charge in [-0.3, -0.25) is 14.5 Å². The molecule has 0 atom stereocenters. The third-order valence-corrected chi connectivity index (χ3v) is 4.10. The molecule has 1 aromatic rings.